The number of hydrogen-bond donors (Lipinski definition) is 2. The molecule has 1 aromatic carbocycles. The van der Waals surface area contributed by atoms with E-state index in [0.29, 0.717) is 24.1 Å². The third-order valence-corrected chi connectivity index (χ3v) is 7.00. The van der Waals surface area contributed by atoms with Gasteiger partial charge < -0.3 is 10.6 Å². The van der Waals surface area contributed by atoms with Crippen LogP contribution in [0.1, 0.15) is 45.1 Å². The predicted octanol–water partition coefficient (Wildman–Crippen LogP) is 4.17. The Hall–Kier alpha value is -0.280. The van der Waals surface area contributed by atoms with E-state index < -0.39 is 10.8 Å². The summed E-state index contributed by atoms with van der Waals surface area (Å²) in [5, 5.41) is 7.70. The van der Waals surface area contributed by atoms with Crippen LogP contribution in [0.4, 0.5) is 0 Å². The maximum atomic E-state index is 12.3. The van der Waals surface area contributed by atoms with Crippen LogP contribution in [0.2, 0.25) is 0 Å². The molecule has 0 saturated heterocycles. The standard InChI is InChI=1S/C20H33N3OS2.HI/c1-3-21-20(23-18-11-8-12-19(15-18)25-4-2)22-13-14-26(24)16-17-9-6-5-7-10-17;/h5-7,9-10,18-19H,3-4,8,11-16H2,1-2H3,(H2,21,22,23);1H. The van der Waals surface area contributed by atoms with E-state index >= 15 is 0 Å². The van der Waals surface area contributed by atoms with Crippen LogP contribution in [0.15, 0.2) is 35.3 Å². The maximum Gasteiger partial charge on any atom is 0.191 e. The first kappa shape index (κ1) is 24.8. The van der Waals surface area contributed by atoms with Gasteiger partial charge in [0.1, 0.15) is 0 Å². The van der Waals surface area contributed by atoms with Crippen molar-refractivity contribution in [1.29, 1.82) is 0 Å². The normalized spacial score (nSPS) is 21.2. The van der Waals surface area contributed by atoms with Crippen LogP contribution >= 0.6 is 35.7 Å². The first-order valence-corrected chi connectivity index (χ1v) is 12.3. The summed E-state index contributed by atoms with van der Waals surface area (Å²) >= 11 is 2.08. The largest absolute Gasteiger partial charge is 0.357 e. The smallest absolute Gasteiger partial charge is 0.191 e. The molecular weight excluding hydrogens is 489 g/mol. The second-order valence-electron chi connectivity index (χ2n) is 6.62. The van der Waals surface area contributed by atoms with Gasteiger partial charge >= 0.3 is 0 Å². The van der Waals surface area contributed by atoms with Crippen LogP contribution < -0.4 is 10.6 Å². The van der Waals surface area contributed by atoms with Crippen LogP contribution in [0, 0.1) is 0 Å². The zero-order valence-electron chi connectivity index (χ0n) is 16.5. The third-order valence-electron chi connectivity index (χ3n) is 4.47. The molecule has 0 bridgehead atoms. The van der Waals surface area contributed by atoms with E-state index in [4.69, 9.17) is 0 Å². The van der Waals surface area contributed by atoms with E-state index in [-0.39, 0.29) is 24.0 Å². The topological polar surface area (TPSA) is 53.5 Å². The molecule has 2 rings (SSSR count). The van der Waals surface area contributed by atoms with E-state index in [2.05, 4.69) is 41.2 Å². The summed E-state index contributed by atoms with van der Waals surface area (Å²) in [6.45, 7) is 5.76. The van der Waals surface area contributed by atoms with Gasteiger partial charge in [0.25, 0.3) is 0 Å². The lowest BCUT2D eigenvalue weighted by Gasteiger charge is -2.30. The highest BCUT2D eigenvalue weighted by molar-refractivity contribution is 14.0. The summed E-state index contributed by atoms with van der Waals surface area (Å²) in [6, 6.07) is 10.5. The number of thioether (sulfide) groups is 1. The molecule has 2 N–H and O–H groups in total. The highest BCUT2D eigenvalue weighted by atomic mass is 127. The minimum absolute atomic E-state index is 0. The monoisotopic (exact) mass is 523 g/mol. The average Bonchev–Trinajstić information content (AvgIpc) is 2.63. The van der Waals surface area contributed by atoms with Crippen LogP contribution in [0.3, 0.4) is 0 Å². The molecule has 1 aliphatic rings. The second-order valence-corrected chi connectivity index (χ2v) is 9.77. The first-order valence-electron chi connectivity index (χ1n) is 9.76. The number of nitrogens with one attached hydrogen (secondary N) is 2. The summed E-state index contributed by atoms with van der Waals surface area (Å²) in [6.07, 6.45) is 5.05. The Morgan fingerprint density at radius 1 is 1.26 bits per heavy atom. The summed E-state index contributed by atoms with van der Waals surface area (Å²) in [5.41, 5.74) is 1.13. The lowest BCUT2D eigenvalue weighted by molar-refractivity contribution is 0.419. The molecule has 1 aliphatic carbocycles. The molecule has 0 radical (unpaired) electrons. The number of halogens is 1. The van der Waals surface area contributed by atoms with Crippen LogP contribution in [0.25, 0.3) is 0 Å². The Kier molecular flexibility index (Phi) is 13.5. The van der Waals surface area contributed by atoms with Gasteiger partial charge in [-0.3, -0.25) is 9.20 Å². The quantitative estimate of drug-likeness (QED) is 0.290. The van der Waals surface area contributed by atoms with Crippen molar-refractivity contribution in [2.75, 3.05) is 24.6 Å². The van der Waals surface area contributed by atoms with Crippen molar-refractivity contribution in [3.05, 3.63) is 35.9 Å². The number of nitrogens with zero attached hydrogens (tertiary/aromatic N) is 1. The van der Waals surface area contributed by atoms with Crippen LogP contribution in [0.5, 0.6) is 0 Å². The van der Waals surface area contributed by atoms with Crippen LogP contribution in [-0.4, -0.2) is 46.1 Å². The predicted molar refractivity (Wildman–Crippen MR) is 132 cm³/mol. The number of benzene rings is 1. The van der Waals surface area contributed by atoms with Crippen molar-refractivity contribution in [3.63, 3.8) is 0 Å². The summed E-state index contributed by atoms with van der Waals surface area (Å²) in [4.78, 5) is 4.65. The highest BCUT2D eigenvalue weighted by Gasteiger charge is 2.22. The van der Waals surface area contributed by atoms with Crippen molar-refractivity contribution in [2.24, 2.45) is 4.99 Å². The fourth-order valence-corrected chi connectivity index (χ4v) is 5.44. The summed E-state index contributed by atoms with van der Waals surface area (Å²) in [5.74, 6) is 3.28. The molecule has 1 fully saturated rings. The van der Waals surface area contributed by atoms with Crippen molar-refractivity contribution in [1.82, 2.24) is 10.6 Å². The number of hydrogen-bond acceptors (Lipinski definition) is 3. The highest BCUT2D eigenvalue weighted by Crippen LogP contribution is 2.28. The minimum atomic E-state index is -0.872. The Balaban J connectivity index is 0.00000364. The van der Waals surface area contributed by atoms with Gasteiger partial charge in [-0.25, -0.2) is 0 Å². The van der Waals surface area contributed by atoms with Gasteiger partial charge in [-0.2, -0.15) is 11.8 Å². The van der Waals surface area contributed by atoms with E-state index in [1.54, 1.807) is 0 Å². The van der Waals surface area contributed by atoms with Crippen molar-refractivity contribution < 1.29 is 4.21 Å². The Morgan fingerprint density at radius 3 is 2.74 bits per heavy atom. The first-order chi connectivity index (χ1) is 12.7. The molecular formula is C20H34IN3OS2. The molecule has 0 heterocycles. The summed E-state index contributed by atoms with van der Waals surface area (Å²) in [7, 11) is -0.872. The van der Waals surface area contributed by atoms with Gasteiger partial charge in [0, 0.05) is 40.1 Å². The minimum Gasteiger partial charge on any atom is -0.357 e. The Bertz CT molecular complexity index is 570. The lowest BCUT2D eigenvalue weighted by Crippen LogP contribution is -2.45. The lowest BCUT2D eigenvalue weighted by atomic mass is 9.95. The van der Waals surface area contributed by atoms with Gasteiger partial charge in [0.2, 0.25) is 0 Å². The molecule has 0 amide bonds. The van der Waals surface area contributed by atoms with Gasteiger partial charge in [0.05, 0.1) is 6.54 Å². The number of aliphatic imine (C=N–C) groups is 1. The third kappa shape index (κ3) is 10.2. The van der Waals surface area contributed by atoms with Gasteiger partial charge in [-0.05, 0) is 37.5 Å². The molecule has 7 heteroatoms. The number of rotatable bonds is 9. The maximum absolute atomic E-state index is 12.3. The van der Waals surface area contributed by atoms with Crippen molar-refractivity contribution >= 4 is 52.5 Å². The van der Waals surface area contributed by atoms with Gasteiger partial charge in [-0.1, -0.05) is 43.7 Å². The van der Waals surface area contributed by atoms with E-state index in [1.807, 2.05) is 30.3 Å². The van der Waals surface area contributed by atoms with Crippen LogP contribution in [-0.2, 0) is 16.6 Å². The number of guanidine groups is 1. The van der Waals surface area contributed by atoms with E-state index in [9.17, 15) is 4.21 Å². The average molecular weight is 524 g/mol. The molecule has 0 aromatic heterocycles. The second kappa shape index (κ2) is 14.7. The molecule has 3 atom stereocenters. The fourth-order valence-electron chi connectivity index (χ4n) is 3.27. The zero-order chi connectivity index (χ0) is 18.6. The molecule has 3 unspecified atom stereocenters. The van der Waals surface area contributed by atoms with Crippen molar-refractivity contribution in [3.8, 4) is 0 Å². The SMILES string of the molecule is CCNC(=NCCS(=O)Cc1ccccc1)NC1CCCC(SCC)C1.I. The van der Waals surface area contributed by atoms with E-state index in [0.717, 1.165) is 23.3 Å². The Labute approximate surface area is 188 Å². The van der Waals surface area contributed by atoms with E-state index in [1.165, 1.54) is 31.4 Å². The fraction of sp³-hybridized carbons (Fsp3) is 0.650. The molecule has 154 valence electrons. The molecule has 0 spiro atoms. The van der Waals surface area contributed by atoms with Gasteiger partial charge in [-0.15, -0.1) is 24.0 Å². The molecule has 1 saturated carbocycles. The Morgan fingerprint density at radius 2 is 2.04 bits per heavy atom. The summed E-state index contributed by atoms with van der Waals surface area (Å²) < 4.78 is 12.3. The van der Waals surface area contributed by atoms with Gasteiger partial charge in [0.15, 0.2) is 5.96 Å². The molecule has 4 nitrogen and oxygen atoms in total. The van der Waals surface area contributed by atoms with Crippen molar-refractivity contribution in [2.45, 2.75) is 56.6 Å². The molecule has 1 aromatic rings. The molecule has 0 aliphatic heterocycles. The zero-order valence-corrected chi connectivity index (χ0v) is 20.4. The molecule has 27 heavy (non-hydrogen) atoms.